The van der Waals surface area contributed by atoms with E-state index < -0.39 is 30.6 Å². The second-order valence-corrected chi connectivity index (χ2v) is 6.67. The summed E-state index contributed by atoms with van der Waals surface area (Å²) in [4.78, 5) is 25.3. The number of carboxylic acid groups (broad SMARTS) is 1. The molecule has 1 aromatic heterocycles. The fraction of sp³-hybridized carbons (Fsp3) is 0.688. The van der Waals surface area contributed by atoms with Gasteiger partial charge in [-0.15, -0.1) is 0 Å². The molecule has 2 atom stereocenters. The Morgan fingerprint density at radius 3 is 2.52 bits per heavy atom. The monoisotopic (exact) mass is 361 g/mol. The van der Waals surface area contributed by atoms with Crippen LogP contribution in [0.5, 0.6) is 0 Å². The first-order chi connectivity index (χ1) is 11.5. The van der Waals surface area contributed by atoms with E-state index >= 15 is 0 Å². The highest BCUT2D eigenvalue weighted by molar-refractivity contribution is 5.85. The minimum absolute atomic E-state index is 0.145. The van der Waals surface area contributed by atoms with Crippen LogP contribution in [0.1, 0.15) is 36.7 Å². The zero-order valence-electron chi connectivity index (χ0n) is 14.4. The summed E-state index contributed by atoms with van der Waals surface area (Å²) >= 11 is 0. The number of carbonyl (C=O) groups excluding carboxylic acids is 1. The van der Waals surface area contributed by atoms with E-state index in [0.29, 0.717) is 30.6 Å². The van der Waals surface area contributed by atoms with Gasteiger partial charge in [-0.2, -0.15) is 18.3 Å². The maximum atomic E-state index is 12.6. The van der Waals surface area contributed by atoms with Gasteiger partial charge in [0.05, 0.1) is 12.1 Å². The molecule has 0 spiro atoms. The van der Waals surface area contributed by atoms with Crippen molar-refractivity contribution in [3.8, 4) is 0 Å². The third-order valence-electron chi connectivity index (χ3n) is 4.66. The molecular formula is C16H22F3N3O3. The van der Waals surface area contributed by atoms with Gasteiger partial charge in [-0.05, 0) is 32.6 Å². The highest BCUT2D eigenvalue weighted by Crippen LogP contribution is 2.25. The SMILES string of the molecule is Cc1nn(CC(F)(F)F)c(C)c1CC(=O)N1CCC(C)CC1C(=O)O. The Morgan fingerprint density at radius 2 is 1.96 bits per heavy atom. The van der Waals surface area contributed by atoms with Crippen molar-refractivity contribution in [2.24, 2.45) is 5.92 Å². The van der Waals surface area contributed by atoms with Crippen molar-refractivity contribution in [1.29, 1.82) is 0 Å². The lowest BCUT2D eigenvalue weighted by Gasteiger charge is -2.36. The topological polar surface area (TPSA) is 75.4 Å². The Balaban J connectivity index is 2.18. The maximum Gasteiger partial charge on any atom is 0.408 e. The minimum Gasteiger partial charge on any atom is -0.480 e. The predicted octanol–water partition coefficient (Wildman–Crippen LogP) is 2.32. The fourth-order valence-electron chi connectivity index (χ4n) is 3.24. The molecule has 2 unspecified atom stereocenters. The Hall–Kier alpha value is -2.06. The van der Waals surface area contributed by atoms with Crippen LogP contribution >= 0.6 is 0 Å². The number of carboxylic acids is 1. The van der Waals surface area contributed by atoms with Crippen molar-refractivity contribution in [3.05, 3.63) is 17.0 Å². The van der Waals surface area contributed by atoms with Gasteiger partial charge in [0.2, 0.25) is 5.91 Å². The number of hydrogen-bond acceptors (Lipinski definition) is 3. The van der Waals surface area contributed by atoms with Crippen molar-refractivity contribution in [3.63, 3.8) is 0 Å². The van der Waals surface area contributed by atoms with E-state index in [0.717, 1.165) is 4.68 Å². The Labute approximate surface area is 143 Å². The largest absolute Gasteiger partial charge is 0.480 e. The van der Waals surface area contributed by atoms with E-state index in [9.17, 15) is 27.9 Å². The average Bonchev–Trinajstić information content (AvgIpc) is 2.72. The number of alkyl halides is 3. The van der Waals surface area contributed by atoms with Crippen LogP contribution in [0.15, 0.2) is 0 Å². The van der Waals surface area contributed by atoms with Crippen LogP contribution in [0.3, 0.4) is 0 Å². The first-order valence-corrected chi connectivity index (χ1v) is 8.11. The molecule has 0 aromatic carbocycles. The van der Waals surface area contributed by atoms with Crippen LogP contribution < -0.4 is 0 Å². The summed E-state index contributed by atoms with van der Waals surface area (Å²) in [6.45, 7) is 4.10. The zero-order valence-corrected chi connectivity index (χ0v) is 14.4. The van der Waals surface area contributed by atoms with Crippen molar-refractivity contribution < 1.29 is 27.9 Å². The number of hydrogen-bond donors (Lipinski definition) is 1. The van der Waals surface area contributed by atoms with Gasteiger partial charge >= 0.3 is 12.1 Å². The van der Waals surface area contributed by atoms with Gasteiger partial charge in [0.25, 0.3) is 0 Å². The summed E-state index contributed by atoms with van der Waals surface area (Å²) < 4.78 is 38.6. The molecule has 140 valence electrons. The molecule has 1 amide bonds. The van der Waals surface area contributed by atoms with E-state index in [1.807, 2.05) is 6.92 Å². The van der Waals surface area contributed by atoms with E-state index in [4.69, 9.17) is 0 Å². The van der Waals surface area contributed by atoms with Crippen LogP contribution in [0, 0.1) is 19.8 Å². The third kappa shape index (κ3) is 4.52. The molecule has 25 heavy (non-hydrogen) atoms. The van der Waals surface area contributed by atoms with Crippen LogP contribution in [0.2, 0.25) is 0 Å². The number of aliphatic carboxylic acids is 1. The molecule has 6 nitrogen and oxygen atoms in total. The quantitative estimate of drug-likeness (QED) is 0.893. The van der Waals surface area contributed by atoms with Crippen molar-refractivity contribution >= 4 is 11.9 Å². The number of halogens is 3. The zero-order chi connectivity index (χ0) is 18.9. The molecule has 1 aliphatic rings. The molecule has 0 bridgehead atoms. The first-order valence-electron chi connectivity index (χ1n) is 8.11. The highest BCUT2D eigenvalue weighted by Gasteiger charge is 2.35. The Kier molecular flexibility index (Phi) is 5.43. The van der Waals surface area contributed by atoms with E-state index in [1.54, 1.807) is 6.92 Å². The van der Waals surface area contributed by atoms with E-state index in [1.165, 1.54) is 11.8 Å². The molecule has 0 aliphatic carbocycles. The fourth-order valence-corrected chi connectivity index (χ4v) is 3.24. The van der Waals surface area contributed by atoms with Gasteiger partial charge in [0.15, 0.2) is 0 Å². The summed E-state index contributed by atoms with van der Waals surface area (Å²) in [5.74, 6) is -1.23. The summed E-state index contributed by atoms with van der Waals surface area (Å²) in [6, 6.07) is -0.887. The average molecular weight is 361 g/mol. The molecule has 0 radical (unpaired) electrons. The molecule has 1 saturated heterocycles. The summed E-state index contributed by atoms with van der Waals surface area (Å²) in [5.41, 5.74) is 1.06. The van der Waals surface area contributed by atoms with Gasteiger partial charge in [0.1, 0.15) is 12.6 Å². The highest BCUT2D eigenvalue weighted by atomic mass is 19.4. The molecule has 9 heteroatoms. The van der Waals surface area contributed by atoms with Crippen molar-refractivity contribution in [2.45, 2.75) is 58.8 Å². The second-order valence-electron chi connectivity index (χ2n) is 6.67. The van der Waals surface area contributed by atoms with E-state index in [-0.39, 0.29) is 18.0 Å². The summed E-state index contributed by atoms with van der Waals surface area (Å²) in [6.07, 6.45) is -3.46. The number of nitrogens with zero attached hydrogens (tertiary/aromatic N) is 3. The van der Waals surface area contributed by atoms with Gasteiger partial charge in [-0.25, -0.2) is 4.79 Å². The van der Waals surface area contributed by atoms with Crippen LogP contribution in [-0.2, 0) is 22.6 Å². The number of aryl methyl sites for hydroxylation is 1. The van der Waals surface area contributed by atoms with Gasteiger partial charge in [0, 0.05) is 17.8 Å². The van der Waals surface area contributed by atoms with Gasteiger partial charge < -0.3 is 10.0 Å². The summed E-state index contributed by atoms with van der Waals surface area (Å²) in [5, 5.41) is 13.2. The molecular weight excluding hydrogens is 339 g/mol. The van der Waals surface area contributed by atoms with Crippen molar-refractivity contribution in [1.82, 2.24) is 14.7 Å². The predicted molar refractivity (Wildman–Crippen MR) is 83.0 cm³/mol. The number of aromatic nitrogens is 2. The number of likely N-dealkylation sites (tertiary alicyclic amines) is 1. The lowest BCUT2D eigenvalue weighted by molar-refractivity contribution is -0.152. The van der Waals surface area contributed by atoms with Crippen LogP contribution in [-0.4, -0.2) is 50.4 Å². The molecule has 2 rings (SSSR count). The molecule has 1 N–H and O–H groups in total. The maximum absolute atomic E-state index is 12.6. The normalized spacial score (nSPS) is 21.4. The lowest BCUT2D eigenvalue weighted by atomic mass is 9.92. The minimum atomic E-state index is -4.40. The molecule has 2 heterocycles. The molecule has 0 saturated carbocycles. The number of carbonyl (C=O) groups is 2. The third-order valence-corrected chi connectivity index (χ3v) is 4.66. The molecule has 1 fully saturated rings. The molecule has 1 aromatic rings. The van der Waals surface area contributed by atoms with Crippen LogP contribution in [0.4, 0.5) is 13.2 Å². The Morgan fingerprint density at radius 1 is 1.32 bits per heavy atom. The van der Waals surface area contributed by atoms with Gasteiger partial charge in [-0.3, -0.25) is 9.48 Å². The molecule has 1 aliphatic heterocycles. The number of amides is 1. The number of rotatable bonds is 4. The first kappa shape index (κ1) is 19.3. The summed E-state index contributed by atoms with van der Waals surface area (Å²) in [7, 11) is 0. The lowest BCUT2D eigenvalue weighted by Crippen LogP contribution is -2.50. The smallest absolute Gasteiger partial charge is 0.408 e. The van der Waals surface area contributed by atoms with Gasteiger partial charge in [-0.1, -0.05) is 6.92 Å². The Bertz CT molecular complexity index is 670. The second kappa shape index (κ2) is 7.05. The van der Waals surface area contributed by atoms with E-state index in [2.05, 4.69) is 5.10 Å². The number of piperidine rings is 1. The van der Waals surface area contributed by atoms with Crippen LogP contribution in [0.25, 0.3) is 0 Å². The van der Waals surface area contributed by atoms with Crippen molar-refractivity contribution in [2.75, 3.05) is 6.54 Å². The standard InChI is InChI=1S/C16H22F3N3O3/c1-9-4-5-21(13(6-9)15(24)25)14(23)7-12-10(2)20-22(11(12)3)8-16(17,18)19/h9,13H,4-8H2,1-3H3,(H,24,25).